The van der Waals surface area contributed by atoms with E-state index in [0.29, 0.717) is 72.3 Å². The summed E-state index contributed by atoms with van der Waals surface area (Å²) in [6.07, 6.45) is 11.9. The molecule has 2 N–H and O–H groups in total. The Balaban J connectivity index is 0.000000159. The number of thioether (sulfide) groups is 3. The second kappa shape index (κ2) is 33.4. The number of amidine groups is 3. The van der Waals surface area contributed by atoms with Gasteiger partial charge >= 0.3 is 24.4 Å². The first-order chi connectivity index (χ1) is 53.1. The van der Waals surface area contributed by atoms with Gasteiger partial charge in [0.1, 0.15) is 56.5 Å². The second-order valence-electron chi connectivity index (χ2n) is 31.7. The fourth-order valence-corrected chi connectivity index (χ4v) is 18.4. The van der Waals surface area contributed by atoms with Crippen LogP contribution < -0.4 is 20.4 Å². The summed E-state index contributed by atoms with van der Waals surface area (Å²) in [4.78, 5) is 104. The summed E-state index contributed by atoms with van der Waals surface area (Å²) in [5, 5.41) is 19.9. The molecule has 6 aliphatic rings. The van der Waals surface area contributed by atoms with Gasteiger partial charge in [-0.05, 0) is 183 Å². The van der Waals surface area contributed by atoms with Gasteiger partial charge < -0.3 is 39.4 Å². The number of aromatic nitrogens is 6. The molecule has 6 atom stereocenters. The van der Waals surface area contributed by atoms with E-state index >= 15 is 0 Å². The molecule has 8 aromatic rings. The molecule has 112 heavy (non-hydrogen) atoms. The summed E-state index contributed by atoms with van der Waals surface area (Å²) < 4.78 is 24.3. The maximum absolute atomic E-state index is 13.6. The second-order valence-corrected chi connectivity index (χ2v) is 36.5. The van der Waals surface area contributed by atoms with Crippen molar-refractivity contribution in [3.8, 4) is 34.4 Å². The van der Waals surface area contributed by atoms with Gasteiger partial charge in [-0.15, -0.1) is 0 Å². The molecule has 0 spiro atoms. The molecule has 3 aromatic heterocycles. The lowest BCUT2D eigenvalue weighted by atomic mass is 9.81. The number of hydrogen-bond donors (Lipinski definition) is 1. The van der Waals surface area contributed by atoms with E-state index in [9.17, 15) is 29.7 Å². The molecule has 30 heteroatoms. The number of benzene rings is 5. The van der Waals surface area contributed by atoms with Gasteiger partial charge in [-0.3, -0.25) is 15.0 Å². The topological polar surface area (TPSA) is 309 Å². The van der Waals surface area contributed by atoms with Gasteiger partial charge in [-0.2, -0.15) is 20.3 Å². The molecule has 9 heterocycles. The predicted molar refractivity (Wildman–Crippen MR) is 446 cm³/mol. The van der Waals surface area contributed by atoms with Crippen LogP contribution in [0.5, 0.6) is 0 Å². The van der Waals surface area contributed by atoms with Crippen molar-refractivity contribution in [2.75, 3.05) is 71.2 Å². The third-order valence-corrected chi connectivity index (χ3v) is 23.0. The minimum Gasteiger partial charge on any atom is -0.443 e. The summed E-state index contributed by atoms with van der Waals surface area (Å²) in [6.45, 7) is 24.8. The highest BCUT2D eigenvalue weighted by molar-refractivity contribution is 9.10. The summed E-state index contributed by atoms with van der Waals surface area (Å²) in [5.74, 6) is 4.83. The van der Waals surface area contributed by atoms with Gasteiger partial charge in [0.15, 0.2) is 15.5 Å². The number of aliphatic imine (C=N–C) groups is 3. The molecule has 5 aromatic carbocycles. The van der Waals surface area contributed by atoms with Crippen LogP contribution in [-0.4, -0.2) is 159 Å². The zero-order chi connectivity index (χ0) is 80.1. The van der Waals surface area contributed by atoms with Crippen LogP contribution >= 0.6 is 67.1 Å². The monoisotopic (exact) mass is 1690 g/mol. The number of halogens is 2. The van der Waals surface area contributed by atoms with Crippen LogP contribution in [0.1, 0.15) is 111 Å². The Morgan fingerprint density at radius 3 is 1.19 bits per heavy atom. The van der Waals surface area contributed by atoms with Crippen molar-refractivity contribution in [2.24, 2.45) is 38.5 Å². The first-order valence-electron chi connectivity index (χ1n) is 36.3. The first-order valence-corrected chi connectivity index (χ1v) is 40.8. The van der Waals surface area contributed by atoms with Crippen LogP contribution in [0.3, 0.4) is 0 Å². The molecule has 0 bridgehead atoms. The molecule has 3 fully saturated rings. The number of ether oxygens (including phenoxy) is 4. The van der Waals surface area contributed by atoms with Gasteiger partial charge in [-0.25, -0.2) is 49.1 Å². The van der Waals surface area contributed by atoms with Crippen molar-refractivity contribution < 1.29 is 38.1 Å². The summed E-state index contributed by atoms with van der Waals surface area (Å²) in [7, 11) is 0. The van der Waals surface area contributed by atoms with Crippen molar-refractivity contribution in [1.29, 1.82) is 10.5 Å². The highest BCUT2D eigenvalue weighted by Gasteiger charge is 2.56. The molecule has 0 saturated carbocycles. The maximum Gasteiger partial charge on any atom is 0.426 e. The molecule has 3 saturated heterocycles. The number of carbonyl (C=O) groups excluding carboxylic acids is 4. The van der Waals surface area contributed by atoms with Crippen LogP contribution in [0.25, 0.3) is 22.3 Å². The van der Waals surface area contributed by atoms with Crippen molar-refractivity contribution in [3.05, 3.63) is 208 Å². The van der Waals surface area contributed by atoms with Crippen molar-refractivity contribution in [1.82, 2.24) is 39.7 Å². The van der Waals surface area contributed by atoms with E-state index in [-0.39, 0.29) is 22.2 Å². The van der Waals surface area contributed by atoms with Crippen molar-refractivity contribution in [2.45, 2.75) is 122 Å². The Hall–Kier alpha value is -9.98. The molecular formula is C82H87Br2N17O8S3. The average Bonchev–Trinajstić information content (AvgIpc) is 1.56. The van der Waals surface area contributed by atoms with Crippen LogP contribution in [0, 0.1) is 40.4 Å². The SMILES string of the molecule is CC(C)(C)OC(=O)N(C(=O)OC(C)(C)C)C1=N[C@@]2(c3cc(Br)cc(-c4cccc(C#N)c4)c3)CN(c3cnccn3)C[C@H]2CS1.CC(C)(C)OC(=O)N(C(=O)OC(C)(C)C)C1=N[C@@]2(c3cccc(Br)c3)CN(c3cnccn3)C[C@H]2CS1.N#Cc1cccc(-c2cccc([C@]34CN(c5cnccn5)C[C@H]3CSC(N)=N4)c2)c1. The minimum absolute atomic E-state index is 0.0139. The van der Waals surface area contributed by atoms with E-state index in [0.717, 1.165) is 81.6 Å². The van der Waals surface area contributed by atoms with E-state index in [2.05, 4.69) is 119 Å². The molecule has 0 unspecified atom stereocenters. The number of amides is 4. The van der Waals surface area contributed by atoms with Crippen LogP contribution in [0.4, 0.5) is 36.6 Å². The third kappa shape index (κ3) is 19.0. The Kier molecular flexibility index (Phi) is 24.3. The van der Waals surface area contributed by atoms with Gasteiger partial charge in [0.05, 0.1) is 41.9 Å². The third-order valence-electron chi connectivity index (χ3n) is 18.8. The lowest BCUT2D eigenvalue weighted by Crippen LogP contribution is -2.49. The van der Waals surface area contributed by atoms with E-state index in [1.54, 1.807) is 157 Å². The van der Waals surface area contributed by atoms with Gasteiger partial charge in [0.2, 0.25) is 0 Å². The molecule has 4 amide bonds. The largest absolute Gasteiger partial charge is 0.443 e. The van der Waals surface area contributed by atoms with E-state index in [1.165, 1.54) is 23.5 Å². The summed E-state index contributed by atoms with van der Waals surface area (Å²) >= 11 is 11.6. The fraction of sp³-hybridized carbons (Fsp3) is 0.378. The molecular weight excluding hydrogens is 1610 g/mol. The quantitative estimate of drug-likeness (QED) is 0.138. The maximum atomic E-state index is 13.6. The van der Waals surface area contributed by atoms with Crippen LogP contribution in [0.2, 0.25) is 0 Å². The number of nitrogens with two attached hydrogens (primary N) is 1. The smallest absolute Gasteiger partial charge is 0.426 e. The number of fused-ring (bicyclic) bond motifs is 3. The Morgan fingerprint density at radius 2 is 0.795 bits per heavy atom. The van der Waals surface area contributed by atoms with Crippen LogP contribution in [0.15, 0.2) is 195 Å². The summed E-state index contributed by atoms with van der Waals surface area (Å²) in [6, 6.07) is 42.1. The molecule has 14 rings (SSSR count). The number of anilines is 3. The number of carbonyl (C=O) groups is 4. The minimum atomic E-state index is -0.883. The number of nitrogens with zero attached hydrogens (tertiary/aromatic N) is 16. The zero-order valence-corrected chi connectivity index (χ0v) is 69.9. The molecule has 25 nitrogen and oxygen atoms in total. The normalized spacial score (nSPS) is 21.2. The van der Waals surface area contributed by atoms with Gasteiger partial charge in [0.25, 0.3) is 0 Å². The molecule has 6 aliphatic heterocycles. The van der Waals surface area contributed by atoms with Crippen molar-refractivity contribution >= 4 is 124 Å². The van der Waals surface area contributed by atoms with E-state index in [1.807, 2.05) is 78.9 Å². The highest BCUT2D eigenvalue weighted by Crippen LogP contribution is 2.52. The average molecular weight is 1690 g/mol. The molecule has 0 aliphatic carbocycles. The highest BCUT2D eigenvalue weighted by atomic mass is 79.9. The summed E-state index contributed by atoms with van der Waals surface area (Å²) in [5.41, 5.74) is 8.93. The van der Waals surface area contributed by atoms with Crippen molar-refractivity contribution in [3.63, 3.8) is 0 Å². The zero-order valence-electron chi connectivity index (χ0n) is 64.2. The molecule has 0 radical (unpaired) electrons. The first kappa shape index (κ1) is 81.5. The van der Waals surface area contributed by atoms with Crippen LogP contribution in [-0.2, 0) is 35.6 Å². The number of nitriles is 2. The number of rotatable bonds is 8. The van der Waals surface area contributed by atoms with E-state index in [4.69, 9.17) is 39.7 Å². The molecule has 580 valence electrons. The lowest BCUT2D eigenvalue weighted by molar-refractivity contribution is 0.0128. The fourth-order valence-electron chi connectivity index (χ4n) is 14.1. The Bertz CT molecular complexity index is 4960. The van der Waals surface area contributed by atoms with Gasteiger partial charge in [0, 0.05) is 120 Å². The Morgan fingerprint density at radius 1 is 0.446 bits per heavy atom. The Labute approximate surface area is 682 Å². The number of imide groups is 2. The lowest BCUT2D eigenvalue weighted by Gasteiger charge is -2.38. The van der Waals surface area contributed by atoms with E-state index < -0.39 is 63.4 Å². The predicted octanol–water partition coefficient (Wildman–Crippen LogP) is 16.6. The standard InChI is InChI=1S/C33H35BrN6O4S.C26H32BrN5O4S.C23H20N6S/c1-31(2,3)43-29(41)40(30(42)44-32(4,5)6)28-38-33(20-39(18-25(33)19-45-28)27-17-36-10-11-37-27)24-13-23(14-26(34)15-24)22-9-7-8-21(12-22)16-35;1-24(2,3)35-22(33)32(23(34)36-25(4,5)6)21-30-26(17-8-7-9-19(27)12-17)16-31(14-18(26)15-37-21)20-13-28-10-11-29-20;24-11-16-3-1-4-17(9-16)18-5-2-6-19(10-18)23-15-29(21-12-26-7-8-27-21)13-20(23)14-30-22(25)28-23/h7-15,17,25H,18-20H2,1-6H3;7-13,18H,14-16H2,1-6H3;1-10,12,20H,13-15H2,(H2,25,28)/t25-,33+;18-,26+;20-,23+/m000/s1. The number of hydrogen-bond acceptors (Lipinski definition) is 26. The van der Waals surface area contributed by atoms with Gasteiger partial charge in [-0.1, -0.05) is 122 Å².